The molecule has 0 bridgehead atoms. The van der Waals surface area contributed by atoms with E-state index in [2.05, 4.69) is 16.0 Å². The van der Waals surface area contributed by atoms with Gasteiger partial charge in [-0.25, -0.2) is 4.98 Å². The van der Waals surface area contributed by atoms with Gasteiger partial charge in [0.25, 0.3) is 5.91 Å². The van der Waals surface area contributed by atoms with E-state index in [1.54, 1.807) is 0 Å². The molecule has 0 aliphatic heterocycles. The number of carbonyl (C=O) groups is 1. The Morgan fingerprint density at radius 1 is 1.00 bits per heavy atom. The minimum atomic E-state index is -0.234. The maximum Gasteiger partial charge on any atom is 0.252 e. The number of ether oxygens (including phenoxy) is 1. The number of amides is 1. The third-order valence-electron chi connectivity index (χ3n) is 6.50. The van der Waals surface area contributed by atoms with E-state index in [1.165, 1.54) is 0 Å². The molecule has 5 nitrogen and oxygen atoms in total. The summed E-state index contributed by atoms with van der Waals surface area (Å²) < 4.78 is 8.21. The summed E-state index contributed by atoms with van der Waals surface area (Å²) in [6, 6.07) is 17.7. The van der Waals surface area contributed by atoms with Crippen molar-refractivity contribution < 1.29 is 9.53 Å². The largest absolute Gasteiger partial charge is 0.494 e. The Labute approximate surface area is 218 Å². The number of unbranched alkanes of at least 4 members (excludes halogenated alkanes) is 1. The fourth-order valence-corrected chi connectivity index (χ4v) is 4.73. The Kier molecular flexibility index (Phi) is 8.00. The van der Waals surface area contributed by atoms with Crippen LogP contribution in [-0.2, 0) is 6.54 Å². The highest BCUT2D eigenvalue weighted by Gasteiger charge is 2.20. The molecule has 0 spiro atoms. The van der Waals surface area contributed by atoms with Crippen LogP contribution in [0.15, 0.2) is 54.6 Å². The molecule has 4 rings (SSSR count). The van der Waals surface area contributed by atoms with Crippen molar-refractivity contribution in [1.29, 1.82) is 0 Å². The molecule has 1 heterocycles. The first-order chi connectivity index (χ1) is 17.2. The van der Waals surface area contributed by atoms with Crippen molar-refractivity contribution in [3.63, 3.8) is 0 Å². The Morgan fingerprint density at radius 3 is 2.44 bits per heavy atom. The number of imidazole rings is 1. The average Bonchev–Trinajstić information content (AvgIpc) is 3.21. The zero-order valence-electron chi connectivity index (χ0n) is 21.7. The van der Waals surface area contributed by atoms with Crippen LogP contribution in [-0.4, -0.2) is 22.1 Å². The normalized spacial score (nSPS) is 12.1. The molecule has 0 saturated heterocycles. The SMILES string of the molecule is Cc1ccc(C(=O)NC(C)c2nc3ccccc3n2CCCCOc2cc(C)c(Cl)c(C)c2)c(C)c1. The number of benzene rings is 3. The van der Waals surface area contributed by atoms with E-state index < -0.39 is 0 Å². The van der Waals surface area contributed by atoms with Gasteiger partial charge in [0.05, 0.1) is 23.7 Å². The van der Waals surface area contributed by atoms with Gasteiger partial charge in [0.2, 0.25) is 0 Å². The quantitative estimate of drug-likeness (QED) is 0.244. The number of rotatable bonds is 9. The number of aryl methyl sites for hydroxylation is 5. The predicted octanol–water partition coefficient (Wildman–Crippen LogP) is 7.27. The summed E-state index contributed by atoms with van der Waals surface area (Å²) in [5, 5.41) is 3.95. The summed E-state index contributed by atoms with van der Waals surface area (Å²) in [7, 11) is 0. The molecule has 1 amide bonds. The highest BCUT2D eigenvalue weighted by molar-refractivity contribution is 6.32. The lowest BCUT2D eigenvalue weighted by atomic mass is 10.0. The van der Waals surface area contributed by atoms with Crippen LogP contribution in [0.2, 0.25) is 5.02 Å². The van der Waals surface area contributed by atoms with E-state index in [0.29, 0.717) is 12.2 Å². The van der Waals surface area contributed by atoms with Gasteiger partial charge in [-0.05, 0) is 94.5 Å². The van der Waals surface area contributed by atoms with Gasteiger partial charge in [0.15, 0.2) is 0 Å². The lowest BCUT2D eigenvalue weighted by Crippen LogP contribution is -2.29. The zero-order valence-corrected chi connectivity index (χ0v) is 22.4. The van der Waals surface area contributed by atoms with Gasteiger partial charge < -0.3 is 14.6 Å². The van der Waals surface area contributed by atoms with Crippen molar-refractivity contribution in [2.45, 2.75) is 60.0 Å². The fourth-order valence-electron chi connectivity index (χ4n) is 4.62. The van der Waals surface area contributed by atoms with E-state index in [1.807, 2.05) is 83.1 Å². The number of carbonyl (C=O) groups excluding carboxylic acids is 1. The summed E-state index contributed by atoms with van der Waals surface area (Å²) >= 11 is 6.27. The number of halogens is 1. The van der Waals surface area contributed by atoms with Crippen LogP contribution < -0.4 is 10.1 Å². The molecule has 0 saturated carbocycles. The molecule has 1 atom stereocenters. The highest BCUT2D eigenvalue weighted by atomic mass is 35.5. The van der Waals surface area contributed by atoms with Gasteiger partial charge in [-0.2, -0.15) is 0 Å². The molecule has 1 N–H and O–H groups in total. The Bertz CT molecular complexity index is 1370. The minimum absolute atomic E-state index is 0.0828. The van der Waals surface area contributed by atoms with Crippen molar-refractivity contribution in [2.24, 2.45) is 0 Å². The molecule has 36 heavy (non-hydrogen) atoms. The second-order valence-corrected chi connectivity index (χ2v) is 9.93. The van der Waals surface area contributed by atoms with Gasteiger partial charge in [-0.3, -0.25) is 4.79 Å². The number of nitrogens with one attached hydrogen (secondary N) is 1. The molecule has 6 heteroatoms. The molecule has 188 valence electrons. The van der Waals surface area contributed by atoms with Crippen molar-refractivity contribution in [1.82, 2.24) is 14.9 Å². The zero-order chi connectivity index (χ0) is 25.8. The Hall–Kier alpha value is -3.31. The maximum absolute atomic E-state index is 13.0. The topological polar surface area (TPSA) is 56.2 Å². The average molecular weight is 504 g/mol. The first kappa shape index (κ1) is 25.8. The van der Waals surface area contributed by atoms with E-state index in [0.717, 1.165) is 69.3 Å². The smallest absolute Gasteiger partial charge is 0.252 e. The second kappa shape index (κ2) is 11.2. The predicted molar refractivity (Wildman–Crippen MR) is 147 cm³/mol. The third-order valence-corrected chi connectivity index (χ3v) is 7.10. The van der Waals surface area contributed by atoms with Crippen LogP contribution in [0.25, 0.3) is 11.0 Å². The molecule has 4 aromatic rings. The van der Waals surface area contributed by atoms with Crippen LogP contribution in [0.1, 0.15) is 64.2 Å². The van der Waals surface area contributed by atoms with Crippen molar-refractivity contribution in [3.05, 3.63) is 93.3 Å². The van der Waals surface area contributed by atoms with E-state index >= 15 is 0 Å². The number of fused-ring (bicyclic) bond motifs is 1. The fraction of sp³-hybridized carbons (Fsp3) is 0.333. The first-order valence-electron chi connectivity index (χ1n) is 12.5. The van der Waals surface area contributed by atoms with Gasteiger partial charge >= 0.3 is 0 Å². The van der Waals surface area contributed by atoms with Crippen molar-refractivity contribution in [3.8, 4) is 5.75 Å². The van der Waals surface area contributed by atoms with Crippen LogP contribution in [0.5, 0.6) is 5.75 Å². The summed E-state index contributed by atoms with van der Waals surface area (Å²) in [4.78, 5) is 17.9. The molecule has 1 unspecified atom stereocenters. The number of nitrogens with zero attached hydrogens (tertiary/aromatic N) is 2. The van der Waals surface area contributed by atoms with E-state index in [-0.39, 0.29) is 11.9 Å². The Morgan fingerprint density at radius 2 is 1.72 bits per heavy atom. The van der Waals surface area contributed by atoms with E-state index in [9.17, 15) is 4.79 Å². The molecular weight excluding hydrogens is 470 g/mol. The summed E-state index contributed by atoms with van der Waals surface area (Å²) in [5.74, 6) is 1.63. The second-order valence-electron chi connectivity index (χ2n) is 9.55. The van der Waals surface area contributed by atoms with Gasteiger partial charge in [0.1, 0.15) is 11.6 Å². The van der Waals surface area contributed by atoms with Crippen molar-refractivity contribution >= 4 is 28.5 Å². The lowest BCUT2D eigenvalue weighted by Gasteiger charge is -2.17. The number of hydrogen-bond acceptors (Lipinski definition) is 3. The molecular formula is C30H34ClN3O2. The minimum Gasteiger partial charge on any atom is -0.494 e. The van der Waals surface area contributed by atoms with E-state index in [4.69, 9.17) is 21.3 Å². The summed E-state index contributed by atoms with van der Waals surface area (Å²) in [6.07, 6.45) is 1.83. The molecule has 0 radical (unpaired) electrons. The van der Waals surface area contributed by atoms with Gasteiger partial charge in [-0.1, -0.05) is 41.4 Å². The maximum atomic E-state index is 13.0. The van der Waals surface area contributed by atoms with Gasteiger partial charge in [0, 0.05) is 17.1 Å². The summed E-state index contributed by atoms with van der Waals surface area (Å²) in [5.41, 5.74) is 6.87. The Balaban J connectivity index is 1.43. The molecule has 0 aliphatic rings. The van der Waals surface area contributed by atoms with Crippen molar-refractivity contribution in [2.75, 3.05) is 6.61 Å². The molecule has 0 fully saturated rings. The molecule has 1 aromatic heterocycles. The highest BCUT2D eigenvalue weighted by Crippen LogP contribution is 2.26. The number of para-hydroxylation sites is 2. The first-order valence-corrected chi connectivity index (χ1v) is 12.8. The molecule has 0 aliphatic carbocycles. The number of aromatic nitrogens is 2. The standard InChI is InChI=1S/C30H34ClN3O2/c1-19-12-13-25(20(2)16-19)30(35)32-23(5)29-33-26-10-6-7-11-27(26)34(29)14-8-9-15-36-24-17-21(3)28(31)22(4)18-24/h6-7,10-13,16-18,23H,8-9,14-15H2,1-5H3,(H,32,35). The van der Waals surface area contributed by atoms with Crippen LogP contribution >= 0.6 is 11.6 Å². The monoisotopic (exact) mass is 503 g/mol. The third kappa shape index (κ3) is 5.73. The molecule has 3 aromatic carbocycles. The number of hydrogen-bond donors (Lipinski definition) is 1. The lowest BCUT2D eigenvalue weighted by molar-refractivity contribution is 0.0937. The van der Waals surface area contributed by atoms with Gasteiger partial charge in [-0.15, -0.1) is 0 Å². The summed E-state index contributed by atoms with van der Waals surface area (Å²) in [6.45, 7) is 11.4. The van der Waals surface area contributed by atoms with Crippen LogP contribution in [0.3, 0.4) is 0 Å². The van der Waals surface area contributed by atoms with Crippen LogP contribution in [0, 0.1) is 27.7 Å². The van der Waals surface area contributed by atoms with Crippen LogP contribution in [0.4, 0.5) is 0 Å².